The highest BCUT2D eigenvalue weighted by atomic mass is 16.5. The average molecular weight is 323 g/mol. The van der Waals surface area contributed by atoms with Gasteiger partial charge in [0.05, 0.1) is 5.60 Å². The Balaban J connectivity index is 1.71. The van der Waals surface area contributed by atoms with E-state index in [4.69, 9.17) is 4.74 Å². The molecule has 0 radical (unpaired) electrons. The molecular formula is C22H42O. The molecule has 0 N–H and O–H groups in total. The second-order valence-corrected chi connectivity index (χ2v) is 8.48. The van der Waals surface area contributed by atoms with E-state index in [-0.39, 0.29) is 5.60 Å². The number of unbranched alkanes of at least 4 members (excludes halogenated alkanes) is 2. The van der Waals surface area contributed by atoms with Gasteiger partial charge in [-0.15, -0.1) is 0 Å². The van der Waals surface area contributed by atoms with Crippen molar-refractivity contribution in [3.63, 3.8) is 0 Å². The van der Waals surface area contributed by atoms with Gasteiger partial charge in [0.1, 0.15) is 0 Å². The van der Waals surface area contributed by atoms with Crippen molar-refractivity contribution in [3.05, 3.63) is 0 Å². The van der Waals surface area contributed by atoms with E-state index >= 15 is 0 Å². The summed E-state index contributed by atoms with van der Waals surface area (Å²) < 4.78 is 6.22. The minimum absolute atomic E-state index is 0.247. The molecule has 0 aromatic rings. The lowest BCUT2D eigenvalue weighted by Gasteiger charge is -2.43. The molecule has 0 aromatic carbocycles. The van der Waals surface area contributed by atoms with Gasteiger partial charge in [-0.05, 0) is 69.6 Å². The van der Waals surface area contributed by atoms with Crippen molar-refractivity contribution in [2.45, 2.75) is 116 Å². The van der Waals surface area contributed by atoms with Gasteiger partial charge in [-0.3, -0.25) is 0 Å². The van der Waals surface area contributed by atoms with Crippen molar-refractivity contribution < 1.29 is 4.74 Å². The molecule has 0 saturated heterocycles. The van der Waals surface area contributed by atoms with Crippen LogP contribution in [0.4, 0.5) is 0 Å². The quantitative estimate of drug-likeness (QED) is 0.410. The zero-order valence-electron chi connectivity index (χ0n) is 16.2. The van der Waals surface area contributed by atoms with Gasteiger partial charge in [0, 0.05) is 6.61 Å². The van der Waals surface area contributed by atoms with Crippen LogP contribution in [0, 0.1) is 17.8 Å². The number of ether oxygens (including phenoxy) is 1. The van der Waals surface area contributed by atoms with Crippen LogP contribution in [0.2, 0.25) is 0 Å². The van der Waals surface area contributed by atoms with E-state index in [2.05, 4.69) is 20.8 Å². The lowest BCUT2D eigenvalue weighted by molar-refractivity contribution is -0.0846. The van der Waals surface area contributed by atoms with Crippen LogP contribution in [0.15, 0.2) is 0 Å². The van der Waals surface area contributed by atoms with E-state index in [0.29, 0.717) is 0 Å². The molecule has 0 unspecified atom stereocenters. The number of hydrogen-bond acceptors (Lipinski definition) is 1. The maximum absolute atomic E-state index is 6.22. The first kappa shape index (κ1) is 19.3. The van der Waals surface area contributed by atoms with Crippen LogP contribution >= 0.6 is 0 Å². The highest BCUT2D eigenvalue weighted by Crippen LogP contribution is 2.45. The van der Waals surface area contributed by atoms with Crippen LogP contribution in [0.5, 0.6) is 0 Å². The summed E-state index contributed by atoms with van der Waals surface area (Å²) in [6.45, 7) is 7.70. The lowest BCUT2D eigenvalue weighted by atomic mass is 9.67. The summed E-state index contributed by atoms with van der Waals surface area (Å²) in [4.78, 5) is 0. The zero-order valence-corrected chi connectivity index (χ0v) is 16.2. The molecule has 0 aliphatic heterocycles. The zero-order chi connectivity index (χ0) is 16.5. The van der Waals surface area contributed by atoms with Gasteiger partial charge in [-0.1, -0.05) is 58.8 Å². The van der Waals surface area contributed by atoms with Gasteiger partial charge < -0.3 is 4.74 Å². The summed E-state index contributed by atoms with van der Waals surface area (Å²) in [5.74, 6) is 3.11. The van der Waals surface area contributed by atoms with E-state index in [1.807, 2.05) is 0 Å². The average Bonchev–Trinajstić information content (AvgIpc) is 2.57. The Hall–Kier alpha value is -0.0400. The molecule has 2 saturated carbocycles. The summed E-state index contributed by atoms with van der Waals surface area (Å²) in [6, 6.07) is 0. The molecule has 1 heteroatoms. The summed E-state index contributed by atoms with van der Waals surface area (Å²) in [5.41, 5.74) is 0.247. The first-order valence-corrected chi connectivity index (χ1v) is 10.9. The monoisotopic (exact) mass is 322 g/mol. The van der Waals surface area contributed by atoms with Gasteiger partial charge in [0.2, 0.25) is 0 Å². The first-order valence-electron chi connectivity index (χ1n) is 10.9. The van der Waals surface area contributed by atoms with Crippen molar-refractivity contribution in [3.8, 4) is 0 Å². The van der Waals surface area contributed by atoms with Crippen LogP contribution in [-0.4, -0.2) is 12.2 Å². The summed E-state index contributed by atoms with van der Waals surface area (Å²) in [5, 5.41) is 0. The van der Waals surface area contributed by atoms with E-state index in [1.54, 1.807) is 0 Å². The number of rotatable bonds is 9. The predicted molar refractivity (Wildman–Crippen MR) is 101 cm³/mol. The van der Waals surface area contributed by atoms with E-state index < -0.39 is 0 Å². The highest BCUT2D eigenvalue weighted by molar-refractivity contribution is 4.90. The third-order valence-corrected chi connectivity index (χ3v) is 6.87. The largest absolute Gasteiger partial charge is 0.375 e. The topological polar surface area (TPSA) is 9.23 Å². The molecular weight excluding hydrogens is 280 g/mol. The Kier molecular flexibility index (Phi) is 8.44. The maximum atomic E-state index is 6.22. The van der Waals surface area contributed by atoms with Crippen molar-refractivity contribution >= 4 is 0 Å². The fraction of sp³-hybridized carbons (Fsp3) is 1.00. The molecule has 0 spiro atoms. The second kappa shape index (κ2) is 10.1. The van der Waals surface area contributed by atoms with Crippen LogP contribution in [0.25, 0.3) is 0 Å². The van der Waals surface area contributed by atoms with E-state index in [9.17, 15) is 0 Å². The van der Waals surface area contributed by atoms with Crippen LogP contribution in [0.1, 0.15) is 111 Å². The van der Waals surface area contributed by atoms with Crippen LogP contribution in [-0.2, 0) is 4.74 Å². The molecule has 136 valence electrons. The van der Waals surface area contributed by atoms with Crippen molar-refractivity contribution in [2.75, 3.05) is 6.61 Å². The maximum Gasteiger partial charge on any atom is 0.0682 e. The van der Waals surface area contributed by atoms with Crippen LogP contribution in [0.3, 0.4) is 0 Å². The normalized spacial score (nSPS) is 35.3. The lowest BCUT2D eigenvalue weighted by Crippen LogP contribution is -2.39. The standard InChI is InChI=1S/C22H42O/c1-4-7-8-9-19-10-12-20(13-11-19)21-14-17-22(16-5-2,18-15-21)23-6-3/h19-21H,4-18H2,1-3H3/t19?,20?,21-,22+. The van der Waals surface area contributed by atoms with E-state index in [1.165, 1.54) is 89.9 Å². The molecule has 1 nitrogen and oxygen atoms in total. The first-order chi connectivity index (χ1) is 11.2. The number of hydrogen-bond donors (Lipinski definition) is 0. The van der Waals surface area contributed by atoms with E-state index in [0.717, 1.165) is 24.4 Å². The van der Waals surface area contributed by atoms with Crippen LogP contribution < -0.4 is 0 Å². The molecule has 0 heterocycles. The SMILES string of the molecule is CCCCCC1CCC([C@H]2CC[C@@](CCC)(OCC)CC2)CC1. The molecule has 0 amide bonds. The molecule has 0 atom stereocenters. The van der Waals surface area contributed by atoms with Crippen molar-refractivity contribution in [2.24, 2.45) is 17.8 Å². The van der Waals surface area contributed by atoms with Crippen molar-refractivity contribution in [1.82, 2.24) is 0 Å². The van der Waals surface area contributed by atoms with Gasteiger partial charge in [-0.2, -0.15) is 0 Å². The molecule has 2 rings (SSSR count). The molecule has 2 fully saturated rings. The smallest absolute Gasteiger partial charge is 0.0682 e. The fourth-order valence-corrected chi connectivity index (χ4v) is 5.50. The molecule has 23 heavy (non-hydrogen) atoms. The molecule has 2 aliphatic carbocycles. The Morgan fingerprint density at radius 1 is 0.783 bits per heavy atom. The minimum Gasteiger partial charge on any atom is -0.375 e. The third-order valence-electron chi connectivity index (χ3n) is 6.87. The van der Waals surface area contributed by atoms with Gasteiger partial charge in [0.15, 0.2) is 0 Å². The Morgan fingerprint density at radius 2 is 1.43 bits per heavy atom. The molecule has 0 aromatic heterocycles. The third kappa shape index (κ3) is 5.76. The molecule has 2 aliphatic rings. The Bertz CT molecular complexity index is 287. The second-order valence-electron chi connectivity index (χ2n) is 8.48. The van der Waals surface area contributed by atoms with Gasteiger partial charge in [-0.25, -0.2) is 0 Å². The Labute approximate surface area is 146 Å². The Morgan fingerprint density at radius 3 is 2.00 bits per heavy atom. The molecule has 0 bridgehead atoms. The predicted octanol–water partition coefficient (Wildman–Crippen LogP) is 7.14. The summed E-state index contributed by atoms with van der Waals surface area (Å²) >= 11 is 0. The van der Waals surface area contributed by atoms with Gasteiger partial charge >= 0.3 is 0 Å². The fourth-order valence-electron chi connectivity index (χ4n) is 5.50. The summed E-state index contributed by atoms with van der Waals surface area (Å²) in [7, 11) is 0. The minimum atomic E-state index is 0.247. The van der Waals surface area contributed by atoms with Gasteiger partial charge in [0.25, 0.3) is 0 Å². The highest BCUT2D eigenvalue weighted by Gasteiger charge is 2.38. The van der Waals surface area contributed by atoms with Crippen molar-refractivity contribution in [1.29, 1.82) is 0 Å². The summed E-state index contributed by atoms with van der Waals surface area (Å²) in [6.07, 6.45) is 20.0.